The van der Waals surface area contributed by atoms with Crippen molar-refractivity contribution in [2.24, 2.45) is 0 Å². The summed E-state index contributed by atoms with van der Waals surface area (Å²) < 4.78 is 0. The van der Waals surface area contributed by atoms with E-state index in [0.717, 1.165) is 13.0 Å². The van der Waals surface area contributed by atoms with Crippen LogP contribution in [0.15, 0.2) is 24.3 Å². The Morgan fingerprint density at radius 3 is 2.80 bits per heavy atom. The highest BCUT2D eigenvalue weighted by Gasteiger charge is 2.24. The summed E-state index contributed by atoms with van der Waals surface area (Å²) in [5.74, 6) is -1.26. The molecule has 1 aromatic rings. The zero-order valence-electron chi connectivity index (χ0n) is 11.3. The summed E-state index contributed by atoms with van der Waals surface area (Å²) in [7, 11) is 0. The Balaban J connectivity index is 0.00000200. The predicted molar refractivity (Wildman–Crippen MR) is 78.0 cm³/mol. The van der Waals surface area contributed by atoms with Gasteiger partial charge in [0.2, 0.25) is 5.91 Å². The van der Waals surface area contributed by atoms with Gasteiger partial charge in [0.05, 0.1) is 6.54 Å². The van der Waals surface area contributed by atoms with Gasteiger partial charge in [-0.05, 0) is 24.5 Å². The number of hydrogen-bond donors (Lipinski definition) is 2. The average molecular weight is 299 g/mol. The van der Waals surface area contributed by atoms with Crippen LogP contribution in [0, 0.1) is 0 Å². The molecule has 0 saturated heterocycles. The first-order valence-electron chi connectivity index (χ1n) is 6.38. The van der Waals surface area contributed by atoms with E-state index in [-0.39, 0.29) is 37.4 Å². The second kappa shape index (κ2) is 7.26. The molecule has 110 valence electrons. The van der Waals surface area contributed by atoms with Crippen molar-refractivity contribution >= 4 is 24.3 Å². The molecule has 0 bridgehead atoms. The van der Waals surface area contributed by atoms with Crippen molar-refractivity contribution in [3.63, 3.8) is 0 Å². The first kappa shape index (κ1) is 16.5. The Morgan fingerprint density at radius 1 is 1.40 bits per heavy atom. The van der Waals surface area contributed by atoms with Crippen molar-refractivity contribution < 1.29 is 14.7 Å². The third kappa shape index (κ3) is 3.95. The third-order valence-electron chi connectivity index (χ3n) is 3.50. The Bertz CT molecular complexity index is 493. The molecule has 0 aliphatic carbocycles. The first-order valence-corrected chi connectivity index (χ1v) is 6.38. The van der Waals surface area contributed by atoms with E-state index in [4.69, 9.17) is 5.11 Å². The van der Waals surface area contributed by atoms with Gasteiger partial charge in [0.15, 0.2) is 0 Å². The molecule has 2 rings (SSSR count). The van der Waals surface area contributed by atoms with E-state index in [1.54, 1.807) is 0 Å². The second-order valence-corrected chi connectivity index (χ2v) is 4.77. The highest BCUT2D eigenvalue weighted by atomic mass is 35.5. The maximum Gasteiger partial charge on any atom is 0.322 e. The first-order chi connectivity index (χ1) is 9.08. The number of aliphatic carboxylic acids is 1. The van der Waals surface area contributed by atoms with E-state index in [1.807, 2.05) is 12.1 Å². The molecule has 1 aromatic carbocycles. The number of nitrogens with zero attached hydrogens (tertiary/aromatic N) is 1. The Morgan fingerprint density at radius 2 is 2.10 bits per heavy atom. The summed E-state index contributed by atoms with van der Waals surface area (Å²) in [5, 5.41) is 10.9. The van der Waals surface area contributed by atoms with Crippen molar-refractivity contribution in [1.29, 1.82) is 0 Å². The van der Waals surface area contributed by atoms with Crippen LogP contribution in [-0.4, -0.2) is 41.5 Å². The zero-order chi connectivity index (χ0) is 13.8. The van der Waals surface area contributed by atoms with Gasteiger partial charge in [0, 0.05) is 12.6 Å². The van der Waals surface area contributed by atoms with Crippen LogP contribution in [0.4, 0.5) is 0 Å². The van der Waals surface area contributed by atoms with Gasteiger partial charge in [-0.25, -0.2) is 0 Å². The van der Waals surface area contributed by atoms with Crippen molar-refractivity contribution in [3.8, 4) is 0 Å². The van der Waals surface area contributed by atoms with Crippen LogP contribution in [0.3, 0.4) is 0 Å². The van der Waals surface area contributed by atoms with E-state index in [2.05, 4.69) is 29.3 Å². The molecule has 2 N–H and O–H groups in total. The van der Waals surface area contributed by atoms with Crippen LogP contribution < -0.4 is 5.32 Å². The van der Waals surface area contributed by atoms with E-state index < -0.39 is 5.97 Å². The smallest absolute Gasteiger partial charge is 0.322 e. The van der Waals surface area contributed by atoms with Crippen LogP contribution >= 0.6 is 12.4 Å². The topological polar surface area (TPSA) is 69.6 Å². The predicted octanol–water partition coefficient (Wildman–Crippen LogP) is 1.23. The monoisotopic (exact) mass is 298 g/mol. The average Bonchev–Trinajstić information content (AvgIpc) is 2.40. The van der Waals surface area contributed by atoms with Gasteiger partial charge in [-0.1, -0.05) is 24.3 Å². The Hall–Kier alpha value is -1.59. The van der Waals surface area contributed by atoms with E-state index in [9.17, 15) is 9.59 Å². The lowest BCUT2D eigenvalue weighted by Gasteiger charge is -2.34. The maximum atomic E-state index is 11.7. The molecule has 0 aromatic heterocycles. The van der Waals surface area contributed by atoms with Gasteiger partial charge in [-0.2, -0.15) is 0 Å². The fraction of sp³-hybridized carbons (Fsp3) is 0.429. The fourth-order valence-corrected chi connectivity index (χ4v) is 2.45. The van der Waals surface area contributed by atoms with Crippen LogP contribution in [0.1, 0.15) is 24.1 Å². The SMILES string of the molecule is CC1c2ccccc2CCN1CC(=O)NCC(=O)O.Cl. The molecular weight excluding hydrogens is 280 g/mol. The number of fused-ring (bicyclic) bond motifs is 1. The molecule has 1 aliphatic rings. The van der Waals surface area contributed by atoms with Crippen LogP contribution in [-0.2, 0) is 16.0 Å². The number of carbonyl (C=O) groups is 2. The van der Waals surface area contributed by atoms with Crippen molar-refractivity contribution in [2.45, 2.75) is 19.4 Å². The van der Waals surface area contributed by atoms with Gasteiger partial charge in [-0.15, -0.1) is 12.4 Å². The molecule has 0 saturated carbocycles. The summed E-state index contributed by atoms with van der Waals surface area (Å²) in [6.45, 7) is 2.81. The molecular formula is C14H19ClN2O3. The molecule has 0 radical (unpaired) electrons. The highest BCUT2D eigenvalue weighted by Crippen LogP contribution is 2.28. The highest BCUT2D eigenvalue weighted by molar-refractivity contribution is 5.85. The summed E-state index contributed by atoms with van der Waals surface area (Å²) in [4.78, 5) is 24.1. The minimum Gasteiger partial charge on any atom is -0.480 e. The van der Waals surface area contributed by atoms with E-state index >= 15 is 0 Å². The minimum absolute atomic E-state index is 0. The lowest BCUT2D eigenvalue weighted by atomic mass is 9.94. The number of amides is 1. The third-order valence-corrected chi connectivity index (χ3v) is 3.50. The molecule has 5 nitrogen and oxygen atoms in total. The number of hydrogen-bond acceptors (Lipinski definition) is 3. The number of rotatable bonds is 4. The molecule has 1 atom stereocenters. The summed E-state index contributed by atoms with van der Waals surface area (Å²) in [6, 6.07) is 8.42. The lowest BCUT2D eigenvalue weighted by molar-refractivity contribution is -0.138. The molecule has 0 fully saturated rings. The van der Waals surface area contributed by atoms with Crippen LogP contribution in [0.2, 0.25) is 0 Å². The molecule has 6 heteroatoms. The zero-order valence-corrected chi connectivity index (χ0v) is 12.2. The van der Waals surface area contributed by atoms with Crippen molar-refractivity contribution in [2.75, 3.05) is 19.6 Å². The number of nitrogens with one attached hydrogen (secondary N) is 1. The number of carbonyl (C=O) groups excluding carboxylic acids is 1. The van der Waals surface area contributed by atoms with Gasteiger partial charge in [0.1, 0.15) is 6.54 Å². The number of carboxylic acids is 1. The number of carboxylic acid groups (broad SMARTS) is 1. The van der Waals surface area contributed by atoms with Crippen molar-refractivity contribution in [1.82, 2.24) is 10.2 Å². The molecule has 0 spiro atoms. The largest absolute Gasteiger partial charge is 0.480 e. The quantitative estimate of drug-likeness (QED) is 0.877. The maximum absolute atomic E-state index is 11.7. The standard InChI is InChI=1S/C14H18N2O3.ClH/c1-10-12-5-3-2-4-11(12)6-7-16(10)9-13(17)15-8-14(18)19;/h2-5,10H,6-9H2,1H3,(H,15,17)(H,18,19);1H. The molecule has 20 heavy (non-hydrogen) atoms. The minimum atomic E-state index is -1.02. The van der Waals surface area contributed by atoms with E-state index in [0.29, 0.717) is 0 Å². The molecule has 1 unspecified atom stereocenters. The van der Waals surface area contributed by atoms with Crippen LogP contribution in [0.25, 0.3) is 0 Å². The van der Waals surface area contributed by atoms with Gasteiger partial charge in [0.25, 0.3) is 0 Å². The summed E-state index contributed by atoms with van der Waals surface area (Å²) in [6.07, 6.45) is 0.923. The van der Waals surface area contributed by atoms with Crippen molar-refractivity contribution in [3.05, 3.63) is 35.4 Å². The molecule has 1 aliphatic heterocycles. The van der Waals surface area contributed by atoms with Gasteiger partial charge < -0.3 is 10.4 Å². The summed E-state index contributed by atoms with van der Waals surface area (Å²) >= 11 is 0. The Kier molecular flexibility index (Phi) is 5.98. The molecule has 1 heterocycles. The number of halogens is 1. The number of benzene rings is 1. The lowest BCUT2D eigenvalue weighted by Crippen LogP contribution is -2.42. The van der Waals surface area contributed by atoms with E-state index in [1.165, 1.54) is 11.1 Å². The Labute approximate surface area is 124 Å². The van der Waals surface area contributed by atoms with Crippen LogP contribution in [0.5, 0.6) is 0 Å². The second-order valence-electron chi connectivity index (χ2n) is 4.77. The fourth-order valence-electron chi connectivity index (χ4n) is 2.45. The van der Waals surface area contributed by atoms with Gasteiger partial charge >= 0.3 is 5.97 Å². The normalized spacial score (nSPS) is 17.8. The molecule has 1 amide bonds. The van der Waals surface area contributed by atoms with Gasteiger partial charge in [-0.3, -0.25) is 14.5 Å². The summed E-state index contributed by atoms with van der Waals surface area (Å²) in [5.41, 5.74) is 2.58.